The SMILES string of the molecule is CC(=O)c1ccc(C#N)cc1N1CCN(CC(=O)NC2CCCC(C)C2)CC1. The minimum atomic E-state index is 0.00278. The Bertz CT molecular complexity index is 762. The standard InChI is InChI=1S/C22H30N4O2/c1-16-4-3-5-19(12-16)24-22(28)15-25-8-10-26(11-9-25)21-13-18(14-23)6-7-20(21)17(2)27/h6-7,13,16,19H,3-5,8-12,15H2,1-2H3,(H,24,28). The highest BCUT2D eigenvalue weighted by atomic mass is 16.2. The van der Waals surface area contributed by atoms with Gasteiger partial charge in [-0.2, -0.15) is 5.26 Å². The van der Waals surface area contributed by atoms with Gasteiger partial charge < -0.3 is 10.2 Å². The second-order valence-corrected chi connectivity index (χ2v) is 8.20. The molecule has 0 radical (unpaired) electrons. The quantitative estimate of drug-likeness (QED) is 0.792. The predicted octanol–water partition coefficient (Wildman–Crippen LogP) is 2.58. The zero-order valence-corrected chi connectivity index (χ0v) is 16.9. The van der Waals surface area contributed by atoms with E-state index in [1.807, 2.05) is 0 Å². The normalized spacial score (nSPS) is 23.1. The fourth-order valence-electron chi connectivity index (χ4n) is 4.35. The Morgan fingerprint density at radius 1 is 1.21 bits per heavy atom. The van der Waals surface area contributed by atoms with Gasteiger partial charge in [-0.15, -0.1) is 0 Å². The molecule has 28 heavy (non-hydrogen) atoms. The summed E-state index contributed by atoms with van der Waals surface area (Å²) < 4.78 is 0. The molecule has 1 aromatic rings. The first-order valence-corrected chi connectivity index (χ1v) is 10.3. The van der Waals surface area contributed by atoms with E-state index < -0.39 is 0 Å². The first kappa shape index (κ1) is 20.3. The molecule has 1 N–H and O–H groups in total. The van der Waals surface area contributed by atoms with Gasteiger partial charge in [-0.3, -0.25) is 14.5 Å². The van der Waals surface area contributed by atoms with Crippen LogP contribution in [0.25, 0.3) is 0 Å². The molecule has 1 aromatic carbocycles. The van der Waals surface area contributed by atoms with E-state index >= 15 is 0 Å². The van der Waals surface area contributed by atoms with Crippen molar-refractivity contribution in [3.8, 4) is 6.07 Å². The number of nitrogens with zero attached hydrogens (tertiary/aromatic N) is 3. The Morgan fingerprint density at radius 2 is 1.96 bits per heavy atom. The third-order valence-electron chi connectivity index (χ3n) is 5.89. The molecule has 1 aliphatic carbocycles. The summed E-state index contributed by atoms with van der Waals surface area (Å²) in [6.45, 7) is 7.25. The molecule has 2 unspecified atom stereocenters. The number of hydrogen-bond donors (Lipinski definition) is 1. The molecule has 2 atom stereocenters. The van der Waals surface area contributed by atoms with Crippen LogP contribution in [0.5, 0.6) is 0 Å². The summed E-state index contributed by atoms with van der Waals surface area (Å²) in [6, 6.07) is 7.69. The van der Waals surface area contributed by atoms with Crippen molar-refractivity contribution in [2.75, 3.05) is 37.6 Å². The van der Waals surface area contributed by atoms with Crippen LogP contribution < -0.4 is 10.2 Å². The molecule has 1 heterocycles. The molecule has 1 saturated carbocycles. The lowest BCUT2D eigenvalue weighted by Gasteiger charge is -2.37. The van der Waals surface area contributed by atoms with Gasteiger partial charge in [0, 0.05) is 43.5 Å². The van der Waals surface area contributed by atoms with E-state index in [2.05, 4.69) is 28.1 Å². The number of ketones is 1. The van der Waals surface area contributed by atoms with Crippen molar-refractivity contribution in [3.63, 3.8) is 0 Å². The van der Waals surface area contributed by atoms with Gasteiger partial charge in [0.1, 0.15) is 0 Å². The zero-order chi connectivity index (χ0) is 20.1. The maximum atomic E-state index is 12.4. The van der Waals surface area contributed by atoms with E-state index in [0.717, 1.165) is 44.7 Å². The van der Waals surface area contributed by atoms with E-state index in [-0.39, 0.29) is 11.7 Å². The Hall–Kier alpha value is -2.39. The fraction of sp³-hybridized carbons (Fsp3) is 0.591. The lowest BCUT2D eigenvalue weighted by molar-refractivity contribution is -0.123. The number of anilines is 1. The molecule has 2 fully saturated rings. The number of nitrogens with one attached hydrogen (secondary N) is 1. The van der Waals surface area contributed by atoms with Gasteiger partial charge in [0.25, 0.3) is 0 Å². The number of benzene rings is 1. The average molecular weight is 383 g/mol. The van der Waals surface area contributed by atoms with Crippen LogP contribution in [0.15, 0.2) is 18.2 Å². The van der Waals surface area contributed by atoms with Crippen LogP contribution >= 0.6 is 0 Å². The Kier molecular flexibility index (Phi) is 6.69. The van der Waals surface area contributed by atoms with Crippen molar-refractivity contribution in [3.05, 3.63) is 29.3 Å². The summed E-state index contributed by atoms with van der Waals surface area (Å²) >= 11 is 0. The van der Waals surface area contributed by atoms with Gasteiger partial charge in [0.15, 0.2) is 5.78 Å². The average Bonchev–Trinajstić information content (AvgIpc) is 2.68. The van der Waals surface area contributed by atoms with Crippen molar-refractivity contribution in [2.45, 2.75) is 45.6 Å². The molecule has 6 heteroatoms. The molecular formula is C22H30N4O2. The Morgan fingerprint density at radius 3 is 2.61 bits per heavy atom. The molecule has 0 spiro atoms. The number of Topliss-reactive ketones (excluding diaryl/α,β-unsaturated/α-hetero) is 1. The number of amides is 1. The minimum absolute atomic E-state index is 0.00278. The van der Waals surface area contributed by atoms with Crippen LogP contribution in [-0.4, -0.2) is 55.4 Å². The van der Waals surface area contributed by atoms with Crippen LogP contribution in [-0.2, 0) is 4.79 Å². The molecule has 6 nitrogen and oxygen atoms in total. The molecule has 2 aliphatic rings. The number of rotatable bonds is 5. The van der Waals surface area contributed by atoms with E-state index in [4.69, 9.17) is 0 Å². The van der Waals surface area contributed by atoms with Gasteiger partial charge >= 0.3 is 0 Å². The van der Waals surface area contributed by atoms with Crippen LogP contribution in [0, 0.1) is 17.2 Å². The lowest BCUT2D eigenvalue weighted by atomic mass is 9.87. The minimum Gasteiger partial charge on any atom is -0.368 e. The van der Waals surface area contributed by atoms with Crippen molar-refractivity contribution < 1.29 is 9.59 Å². The topological polar surface area (TPSA) is 76.4 Å². The van der Waals surface area contributed by atoms with Gasteiger partial charge in [-0.25, -0.2) is 0 Å². The number of nitriles is 1. The highest BCUT2D eigenvalue weighted by molar-refractivity contribution is 6.00. The maximum absolute atomic E-state index is 12.4. The first-order chi connectivity index (χ1) is 13.5. The van der Waals surface area contributed by atoms with Crippen molar-refractivity contribution in [1.82, 2.24) is 10.2 Å². The van der Waals surface area contributed by atoms with Crippen LogP contribution in [0.3, 0.4) is 0 Å². The van der Waals surface area contributed by atoms with Crippen LogP contribution in [0.1, 0.15) is 55.5 Å². The van der Waals surface area contributed by atoms with Gasteiger partial charge in [0.2, 0.25) is 5.91 Å². The van der Waals surface area contributed by atoms with Crippen LogP contribution in [0.2, 0.25) is 0 Å². The molecule has 1 amide bonds. The second kappa shape index (κ2) is 9.20. The second-order valence-electron chi connectivity index (χ2n) is 8.20. The molecule has 1 saturated heterocycles. The van der Waals surface area contributed by atoms with Crippen molar-refractivity contribution in [2.24, 2.45) is 5.92 Å². The summed E-state index contributed by atoms with van der Waals surface area (Å²) in [6.07, 6.45) is 4.64. The molecule has 0 aromatic heterocycles. The lowest BCUT2D eigenvalue weighted by Crippen LogP contribution is -2.51. The largest absolute Gasteiger partial charge is 0.368 e. The highest BCUT2D eigenvalue weighted by Crippen LogP contribution is 2.25. The van der Waals surface area contributed by atoms with Crippen molar-refractivity contribution >= 4 is 17.4 Å². The maximum Gasteiger partial charge on any atom is 0.234 e. The summed E-state index contributed by atoms with van der Waals surface area (Å²) in [5.41, 5.74) is 2.03. The molecule has 150 valence electrons. The van der Waals surface area contributed by atoms with E-state index in [9.17, 15) is 14.9 Å². The van der Waals surface area contributed by atoms with Gasteiger partial charge in [0.05, 0.1) is 18.2 Å². The van der Waals surface area contributed by atoms with E-state index in [0.29, 0.717) is 29.6 Å². The zero-order valence-electron chi connectivity index (χ0n) is 16.9. The number of hydrogen-bond acceptors (Lipinski definition) is 5. The van der Waals surface area contributed by atoms with Gasteiger partial charge in [-0.1, -0.05) is 19.8 Å². The molecule has 3 rings (SSSR count). The number of carbonyl (C=O) groups is 2. The smallest absolute Gasteiger partial charge is 0.234 e. The number of carbonyl (C=O) groups excluding carboxylic acids is 2. The summed E-state index contributed by atoms with van der Waals surface area (Å²) in [7, 11) is 0. The Labute approximate surface area is 167 Å². The predicted molar refractivity (Wildman–Crippen MR) is 109 cm³/mol. The van der Waals surface area contributed by atoms with E-state index in [1.165, 1.54) is 12.8 Å². The third-order valence-corrected chi connectivity index (χ3v) is 5.89. The number of piperazine rings is 1. The summed E-state index contributed by atoms with van der Waals surface area (Å²) in [5, 5.41) is 12.4. The molecule has 1 aliphatic heterocycles. The van der Waals surface area contributed by atoms with E-state index in [1.54, 1.807) is 25.1 Å². The monoisotopic (exact) mass is 382 g/mol. The Balaban J connectivity index is 1.54. The van der Waals surface area contributed by atoms with Crippen LogP contribution in [0.4, 0.5) is 5.69 Å². The summed E-state index contributed by atoms with van der Waals surface area (Å²) in [4.78, 5) is 28.7. The fourth-order valence-corrected chi connectivity index (χ4v) is 4.35. The summed E-state index contributed by atoms with van der Waals surface area (Å²) in [5.74, 6) is 0.814. The van der Waals surface area contributed by atoms with Crippen molar-refractivity contribution in [1.29, 1.82) is 5.26 Å². The van der Waals surface area contributed by atoms with Gasteiger partial charge in [-0.05, 0) is 43.9 Å². The highest BCUT2D eigenvalue weighted by Gasteiger charge is 2.24. The molecule has 0 bridgehead atoms. The first-order valence-electron chi connectivity index (χ1n) is 10.3. The molecular weight excluding hydrogens is 352 g/mol. The third kappa shape index (κ3) is 5.11.